The highest BCUT2D eigenvalue weighted by atomic mass is 19.1. The molecule has 0 radical (unpaired) electrons. The van der Waals surface area contributed by atoms with E-state index in [0.29, 0.717) is 5.75 Å². The van der Waals surface area contributed by atoms with E-state index in [0.717, 1.165) is 0 Å². The molecule has 0 aliphatic rings. The number of carbonyl (C=O) groups excluding carboxylic acids is 1. The largest absolute Gasteiger partial charge is 0.546 e. The van der Waals surface area contributed by atoms with Gasteiger partial charge in [-0.2, -0.15) is 0 Å². The zero-order valence-corrected chi connectivity index (χ0v) is 6.99. The van der Waals surface area contributed by atoms with Crippen molar-refractivity contribution in [1.82, 2.24) is 0 Å². The highest BCUT2D eigenvalue weighted by Gasteiger charge is 2.03. The lowest BCUT2D eigenvalue weighted by Crippen LogP contribution is -2.37. The van der Waals surface area contributed by atoms with Crippen molar-refractivity contribution in [2.45, 2.75) is 13.0 Å². The van der Waals surface area contributed by atoms with E-state index in [1.807, 2.05) is 0 Å². The van der Waals surface area contributed by atoms with Crippen LogP contribution < -0.4 is 9.84 Å². The number of carboxylic acid groups (broad SMARTS) is 1. The minimum absolute atomic E-state index is 0.304. The van der Waals surface area contributed by atoms with Gasteiger partial charge in [-0.05, 0) is 31.2 Å². The fraction of sp³-hybridized carbons (Fsp3) is 0.222. The van der Waals surface area contributed by atoms with Crippen LogP contribution in [0.15, 0.2) is 24.3 Å². The van der Waals surface area contributed by atoms with Crippen LogP contribution in [-0.2, 0) is 4.79 Å². The maximum atomic E-state index is 12.4. The van der Waals surface area contributed by atoms with Crippen LogP contribution in [0.5, 0.6) is 5.75 Å². The van der Waals surface area contributed by atoms with Gasteiger partial charge in [0.2, 0.25) is 0 Å². The van der Waals surface area contributed by atoms with Crippen molar-refractivity contribution in [3.05, 3.63) is 30.1 Å². The molecular formula is C9H8FO3-. The zero-order chi connectivity index (χ0) is 9.84. The van der Waals surface area contributed by atoms with E-state index in [1.165, 1.54) is 31.2 Å². The molecule has 0 aliphatic heterocycles. The van der Waals surface area contributed by atoms with Gasteiger partial charge in [0.15, 0.2) is 0 Å². The van der Waals surface area contributed by atoms with Gasteiger partial charge in [0.25, 0.3) is 0 Å². The summed E-state index contributed by atoms with van der Waals surface area (Å²) >= 11 is 0. The second-order valence-electron chi connectivity index (χ2n) is 2.53. The lowest BCUT2D eigenvalue weighted by Gasteiger charge is -2.14. The summed E-state index contributed by atoms with van der Waals surface area (Å²) in [6.07, 6.45) is -1.04. The Labute approximate surface area is 74.8 Å². The van der Waals surface area contributed by atoms with Gasteiger partial charge in [-0.1, -0.05) is 0 Å². The molecule has 1 unspecified atom stereocenters. The highest BCUT2D eigenvalue weighted by molar-refractivity contribution is 5.69. The molecule has 0 bridgehead atoms. The monoisotopic (exact) mass is 183 g/mol. The quantitative estimate of drug-likeness (QED) is 0.679. The molecule has 0 heterocycles. The van der Waals surface area contributed by atoms with Crippen molar-refractivity contribution >= 4 is 5.97 Å². The van der Waals surface area contributed by atoms with E-state index < -0.39 is 17.9 Å². The Bertz CT molecular complexity index is 294. The number of carbonyl (C=O) groups is 1. The number of ether oxygens (including phenoxy) is 1. The summed E-state index contributed by atoms with van der Waals surface area (Å²) in [5, 5.41) is 10.3. The van der Waals surface area contributed by atoms with Crippen molar-refractivity contribution in [1.29, 1.82) is 0 Å². The third-order valence-electron chi connectivity index (χ3n) is 1.46. The fourth-order valence-electron chi connectivity index (χ4n) is 0.765. The van der Waals surface area contributed by atoms with Crippen molar-refractivity contribution in [2.75, 3.05) is 0 Å². The summed E-state index contributed by atoms with van der Waals surface area (Å²) in [6.45, 7) is 1.35. The molecule has 0 spiro atoms. The molecule has 13 heavy (non-hydrogen) atoms. The average molecular weight is 183 g/mol. The molecule has 0 amide bonds. The van der Waals surface area contributed by atoms with E-state index in [2.05, 4.69) is 0 Å². The second-order valence-corrected chi connectivity index (χ2v) is 2.53. The predicted octanol–water partition coefficient (Wildman–Crippen LogP) is 0.343. The molecule has 0 saturated carbocycles. The molecule has 1 rings (SSSR count). The summed E-state index contributed by atoms with van der Waals surface area (Å²) < 4.78 is 17.3. The number of aliphatic carboxylic acids is 1. The molecule has 70 valence electrons. The van der Waals surface area contributed by atoms with Crippen LogP contribution in [-0.4, -0.2) is 12.1 Å². The molecule has 3 nitrogen and oxygen atoms in total. The van der Waals surface area contributed by atoms with E-state index in [4.69, 9.17) is 4.74 Å². The molecule has 1 atom stereocenters. The first-order chi connectivity index (χ1) is 6.09. The summed E-state index contributed by atoms with van der Waals surface area (Å²) in [4.78, 5) is 10.3. The number of benzene rings is 1. The van der Waals surface area contributed by atoms with Crippen LogP contribution in [0, 0.1) is 5.82 Å². The summed E-state index contributed by atoms with van der Waals surface area (Å²) in [7, 11) is 0. The van der Waals surface area contributed by atoms with Gasteiger partial charge in [-0.15, -0.1) is 0 Å². The van der Waals surface area contributed by atoms with Crippen LogP contribution in [0.3, 0.4) is 0 Å². The molecule has 4 heteroatoms. The Hall–Kier alpha value is -1.58. The third-order valence-corrected chi connectivity index (χ3v) is 1.46. The number of carboxylic acids is 1. The first kappa shape index (κ1) is 9.51. The maximum Gasteiger partial charge on any atom is 0.135 e. The Morgan fingerprint density at radius 3 is 2.46 bits per heavy atom. The molecule has 0 aromatic heterocycles. The minimum Gasteiger partial charge on any atom is -0.546 e. The van der Waals surface area contributed by atoms with Crippen LogP contribution in [0.25, 0.3) is 0 Å². The van der Waals surface area contributed by atoms with Gasteiger partial charge >= 0.3 is 0 Å². The van der Waals surface area contributed by atoms with Crippen molar-refractivity contribution in [2.24, 2.45) is 0 Å². The zero-order valence-electron chi connectivity index (χ0n) is 6.99. The normalized spacial score (nSPS) is 12.2. The third kappa shape index (κ3) is 2.74. The number of rotatable bonds is 3. The lowest BCUT2D eigenvalue weighted by molar-refractivity contribution is -0.312. The lowest BCUT2D eigenvalue weighted by atomic mass is 10.3. The Balaban J connectivity index is 2.64. The van der Waals surface area contributed by atoms with Gasteiger partial charge in [0.1, 0.15) is 17.7 Å². The number of halogens is 1. The van der Waals surface area contributed by atoms with Crippen LogP contribution in [0.1, 0.15) is 6.92 Å². The molecule has 0 fully saturated rings. The van der Waals surface area contributed by atoms with Crippen LogP contribution >= 0.6 is 0 Å². The molecule has 1 aromatic rings. The Kier molecular flexibility index (Phi) is 2.84. The summed E-state index contributed by atoms with van der Waals surface area (Å²) in [6, 6.07) is 5.10. The van der Waals surface area contributed by atoms with E-state index in [9.17, 15) is 14.3 Å². The van der Waals surface area contributed by atoms with Gasteiger partial charge in [-0.25, -0.2) is 4.39 Å². The van der Waals surface area contributed by atoms with Gasteiger partial charge in [0, 0.05) is 0 Å². The minimum atomic E-state index is -1.30. The smallest absolute Gasteiger partial charge is 0.135 e. The predicted molar refractivity (Wildman–Crippen MR) is 41.5 cm³/mol. The van der Waals surface area contributed by atoms with E-state index in [1.54, 1.807) is 0 Å². The molecule has 1 aromatic carbocycles. The fourth-order valence-corrected chi connectivity index (χ4v) is 0.765. The van der Waals surface area contributed by atoms with Crippen LogP contribution in [0.2, 0.25) is 0 Å². The van der Waals surface area contributed by atoms with Crippen molar-refractivity contribution < 1.29 is 19.0 Å². The van der Waals surface area contributed by atoms with Gasteiger partial charge < -0.3 is 14.6 Å². The second kappa shape index (κ2) is 3.89. The molecule has 0 aliphatic carbocycles. The summed E-state index contributed by atoms with van der Waals surface area (Å²) in [5.41, 5.74) is 0. The number of hydrogen-bond donors (Lipinski definition) is 0. The van der Waals surface area contributed by atoms with Gasteiger partial charge in [0.05, 0.1) is 5.97 Å². The average Bonchev–Trinajstić information content (AvgIpc) is 2.08. The Morgan fingerprint density at radius 2 is 2.00 bits per heavy atom. The highest BCUT2D eigenvalue weighted by Crippen LogP contribution is 2.12. The molecule has 0 N–H and O–H groups in total. The van der Waals surface area contributed by atoms with E-state index in [-0.39, 0.29) is 0 Å². The first-order valence-corrected chi connectivity index (χ1v) is 3.72. The molecule has 0 saturated heterocycles. The maximum absolute atomic E-state index is 12.4. The first-order valence-electron chi connectivity index (χ1n) is 3.72. The van der Waals surface area contributed by atoms with Crippen molar-refractivity contribution in [3.8, 4) is 5.75 Å². The SMILES string of the molecule is CC(Oc1ccc(F)cc1)C(=O)[O-]. The Morgan fingerprint density at radius 1 is 1.46 bits per heavy atom. The standard InChI is InChI=1S/C9H9FO3/c1-6(9(11)12)13-8-4-2-7(10)3-5-8/h2-6H,1H3,(H,11,12)/p-1. The summed E-state index contributed by atoms with van der Waals surface area (Å²) in [5.74, 6) is -1.39. The molecular weight excluding hydrogens is 175 g/mol. The topological polar surface area (TPSA) is 49.4 Å². The van der Waals surface area contributed by atoms with E-state index >= 15 is 0 Å². The van der Waals surface area contributed by atoms with Crippen molar-refractivity contribution in [3.63, 3.8) is 0 Å². The van der Waals surface area contributed by atoms with Gasteiger partial charge in [-0.3, -0.25) is 0 Å². The number of hydrogen-bond acceptors (Lipinski definition) is 3. The van der Waals surface area contributed by atoms with Crippen LogP contribution in [0.4, 0.5) is 4.39 Å².